The summed E-state index contributed by atoms with van der Waals surface area (Å²) in [4.78, 5) is 12.5. The third-order valence-corrected chi connectivity index (χ3v) is 7.48. The van der Waals surface area contributed by atoms with Crippen LogP contribution in [0.25, 0.3) is 0 Å². The minimum Gasteiger partial charge on any atom is -0.504 e. The SMILES string of the molecule is COc1cc2c(cc1O)O[C@@H](CNCCCCN1C(=O)c3ccccc3S1(=O)=O)CC2. The molecule has 0 unspecified atom stereocenters. The molecule has 0 bridgehead atoms. The molecule has 0 saturated carbocycles. The predicted octanol–water partition coefficient (Wildman–Crippen LogP) is 2.31. The molecule has 0 saturated heterocycles. The summed E-state index contributed by atoms with van der Waals surface area (Å²) in [5.74, 6) is 0.732. The third-order valence-electron chi connectivity index (χ3n) is 5.64. The Morgan fingerprint density at radius 2 is 2.06 bits per heavy atom. The number of sulfonamides is 1. The summed E-state index contributed by atoms with van der Waals surface area (Å²) in [6.07, 6.45) is 3.00. The number of ether oxygens (including phenoxy) is 2. The molecule has 8 nitrogen and oxygen atoms in total. The molecule has 2 aromatic rings. The lowest BCUT2D eigenvalue weighted by Crippen LogP contribution is -2.35. The monoisotopic (exact) mass is 446 g/mol. The molecular weight excluding hydrogens is 420 g/mol. The van der Waals surface area contributed by atoms with Gasteiger partial charge in [0.25, 0.3) is 15.9 Å². The summed E-state index contributed by atoms with van der Waals surface area (Å²) in [7, 11) is -2.21. The van der Waals surface area contributed by atoms with E-state index in [2.05, 4.69) is 5.32 Å². The van der Waals surface area contributed by atoms with E-state index >= 15 is 0 Å². The quantitative estimate of drug-likeness (QED) is 0.600. The Bertz CT molecular complexity index is 1090. The Morgan fingerprint density at radius 1 is 1.26 bits per heavy atom. The van der Waals surface area contributed by atoms with Crippen LogP contribution in [0, 0.1) is 0 Å². The summed E-state index contributed by atoms with van der Waals surface area (Å²) in [5, 5.41) is 13.3. The first kappa shape index (κ1) is 21.5. The minimum absolute atomic E-state index is 0.00432. The Hall–Kier alpha value is -2.78. The van der Waals surface area contributed by atoms with Crippen LogP contribution < -0.4 is 14.8 Å². The number of benzene rings is 2. The van der Waals surface area contributed by atoms with Crippen molar-refractivity contribution in [3.05, 3.63) is 47.5 Å². The van der Waals surface area contributed by atoms with Crippen molar-refractivity contribution in [3.63, 3.8) is 0 Å². The van der Waals surface area contributed by atoms with E-state index in [9.17, 15) is 18.3 Å². The highest BCUT2D eigenvalue weighted by Gasteiger charge is 2.40. The molecule has 4 rings (SSSR count). The molecule has 31 heavy (non-hydrogen) atoms. The summed E-state index contributed by atoms with van der Waals surface area (Å²) >= 11 is 0. The second-order valence-corrected chi connectivity index (χ2v) is 9.53. The largest absolute Gasteiger partial charge is 0.504 e. The van der Waals surface area contributed by atoms with Crippen molar-refractivity contribution in [1.82, 2.24) is 9.62 Å². The van der Waals surface area contributed by atoms with E-state index in [0.717, 1.165) is 29.1 Å². The highest BCUT2D eigenvalue weighted by atomic mass is 32.2. The lowest BCUT2D eigenvalue weighted by atomic mass is 10.0. The van der Waals surface area contributed by atoms with Crippen molar-refractivity contribution >= 4 is 15.9 Å². The van der Waals surface area contributed by atoms with E-state index in [1.165, 1.54) is 13.2 Å². The first-order valence-corrected chi connectivity index (χ1v) is 11.8. The fourth-order valence-corrected chi connectivity index (χ4v) is 5.59. The molecule has 0 aromatic heterocycles. The van der Waals surface area contributed by atoms with Gasteiger partial charge in [0.05, 0.1) is 12.7 Å². The number of phenols is 1. The van der Waals surface area contributed by atoms with E-state index in [1.54, 1.807) is 30.3 Å². The molecule has 1 atom stereocenters. The van der Waals surface area contributed by atoms with Gasteiger partial charge in [0.1, 0.15) is 16.7 Å². The first-order valence-electron chi connectivity index (χ1n) is 10.3. The standard InChI is InChI=1S/C22H26N2O6S/c1-29-20-12-15-8-9-16(30-19(15)13-18(20)25)14-23-10-4-5-11-24-22(26)17-6-2-3-7-21(17)31(24,27)28/h2-3,6-7,12-13,16,23,25H,4-5,8-11,14H2,1H3/t16-/m1/s1. The van der Waals surface area contributed by atoms with Gasteiger partial charge in [-0.1, -0.05) is 12.1 Å². The lowest BCUT2D eigenvalue weighted by molar-refractivity contribution is 0.0869. The number of nitrogens with zero attached hydrogens (tertiary/aromatic N) is 1. The van der Waals surface area contributed by atoms with Gasteiger partial charge in [0, 0.05) is 19.2 Å². The Kier molecular flexibility index (Phi) is 6.06. The zero-order chi connectivity index (χ0) is 22.0. The van der Waals surface area contributed by atoms with Gasteiger partial charge in [-0.25, -0.2) is 12.7 Å². The highest BCUT2D eigenvalue weighted by molar-refractivity contribution is 7.90. The zero-order valence-electron chi connectivity index (χ0n) is 17.3. The number of hydrogen-bond acceptors (Lipinski definition) is 7. The predicted molar refractivity (Wildman–Crippen MR) is 114 cm³/mol. The number of carbonyl (C=O) groups excluding carboxylic acids is 1. The molecule has 2 aromatic carbocycles. The molecular formula is C22H26N2O6S. The fraction of sp³-hybridized carbons (Fsp3) is 0.409. The van der Waals surface area contributed by atoms with Gasteiger partial charge < -0.3 is 19.9 Å². The van der Waals surface area contributed by atoms with Crippen LogP contribution in [0.15, 0.2) is 41.3 Å². The van der Waals surface area contributed by atoms with Crippen molar-refractivity contribution < 1.29 is 27.8 Å². The van der Waals surface area contributed by atoms with Gasteiger partial charge in [0.2, 0.25) is 0 Å². The molecule has 2 heterocycles. The zero-order valence-corrected chi connectivity index (χ0v) is 18.2. The molecule has 0 aliphatic carbocycles. The smallest absolute Gasteiger partial charge is 0.269 e. The van der Waals surface area contributed by atoms with E-state index < -0.39 is 15.9 Å². The van der Waals surface area contributed by atoms with Crippen LogP contribution in [0.2, 0.25) is 0 Å². The summed E-state index contributed by atoms with van der Waals surface area (Å²) in [5.41, 5.74) is 1.27. The normalized spacial score (nSPS) is 18.9. The van der Waals surface area contributed by atoms with Crippen LogP contribution in [0.5, 0.6) is 17.2 Å². The molecule has 2 aliphatic heterocycles. The van der Waals surface area contributed by atoms with Crippen LogP contribution in [0.4, 0.5) is 0 Å². The van der Waals surface area contributed by atoms with Gasteiger partial charge in [0.15, 0.2) is 11.5 Å². The first-order chi connectivity index (χ1) is 14.9. The average molecular weight is 447 g/mol. The van der Waals surface area contributed by atoms with Crippen LogP contribution in [-0.2, 0) is 16.4 Å². The van der Waals surface area contributed by atoms with Gasteiger partial charge in [-0.3, -0.25) is 4.79 Å². The second-order valence-electron chi connectivity index (χ2n) is 7.70. The molecule has 2 N–H and O–H groups in total. The summed E-state index contributed by atoms with van der Waals surface area (Å²) < 4.78 is 37.1. The number of fused-ring (bicyclic) bond motifs is 2. The van der Waals surface area contributed by atoms with Crippen LogP contribution in [0.1, 0.15) is 35.2 Å². The number of carbonyl (C=O) groups is 1. The molecule has 9 heteroatoms. The second kappa shape index (κ2) is 8.76. The van der Waals surface area contributed by atoms with Crippen molar-refractivity contribution in [2.45, 2.75) is 36.7 Å². The number of nitrogens with one attached hydrogen (secondary N) is 1. The topological polar surface area (TPSA) is 105 Å². The maximum Gasteiger partial charge on any atom is 0.269 e. The van der Waals surface area contributed by atoms with Crippen molar-refractivity contribution in [2.75, 3.05) is 26.7 Å². The van der Waals surface area contributed by atoms with Gasteiger partial charge >= 0.3 is 0 Å². The number of hydrogen-bond donors (Lipinski definition) is 2. The molecule has 0 fully saturated rings. The van der Waals surface area contributed by atoms with Gasteiger partial charge in [-0.05, 0) is 56.0 Å². The number of rotatable bonds is 8. The number of unbranched alkanes of at least 4 members (excludes halogenated alkanes) is 1. The maximum atomic E-state index is 12.5. The molecule has 1 amide bonds. The van der Waals surface area contributed by atoms with E-state index in [-0.39, 0.29) is 28.9 Å². The average Bonchev–Trinajstić information content (AvgIpc) is 2.96. The molecule has 0 spiro atoms. The van der Waals surface area contributed by atoms with Gasteiger partial charge in [-0.15, -0.1) is 0 Å². The molecule has 166 valence electrons. The Labute approximate surface area is 181 Å². The van der Waals surface area contributed by atoms with Crippen molar-refractivity contribution in [2.24, 2.45) is 0 Å². The number of aromatic hydroxyl groups is 1. The van der Waals surface area contributed by atoms with E-state index in [4.69, 9.17) is 9.47 Å². The Morgan fingerprint density at radius 3 is 2.84 bits per heavy atom. The molecule has 0 radical (unpaired) electrons. The summed E-state index contributed by atoms with van der Waals surface area (Å²) in [6.45, 7) is 1.51. The highest BCUT2D eigenvalue weighted by Crippen LogP contribution is 2.37. The van der Waals surface area contributed by atoms with Crippen LogP contribution in [0.3, 0.4) is 0 Å². The third kappa shape index (κ3) is 4.20. The number of phenolic OH excluding ortho intramolecular Hbond substituents is 1. The van der Waals surface area contributed by atoms with Crippen molar-refractivity contribution in [3.8, 4) is 17.2 Å². The van der Waals surface area contributed by atoms with Crippen molar-refractivity contribution in [1.29, 1.82) is 0 Å². The summed E-state index contributed by atoms with van der Waals surface area (Å²) in [6, 6.07) is 9.72. The number of methoxy groups -OCH3 is 1. The van der Waals surface area contributed by atoms with Crippen LogP contribution in [-0.4, -0.2) is 56.6 Å². The maximum absolute atomic E-state index is 12.5. The molecule has 2 aliphatic rings. The van der Waals surface area contributed by atoms with Gasteiger partial charge in [-0.2, -0.15) is 0 Å². The Balaban J connectivity index is 1.21. The fourth-order valence-electron chi connectivity index (χ4n) is 3.98. The number of amides is 1. The van der Waals surface area contributed by atoms with Crippen LogP contribution >= 0.6 is 0 Å². The minimum atomic E-state index is -3.73. The van der Waals surface area contributed by atoms with E-state index in [1.807, 2.05) is 0 Å². The number of aryl methyl sites for hydroxylation is 1. The van der Waals surface area contributed by atoms with E-state index in [0.29, 0.717) is 31.0 Å². The lowest BCUT2D eigenvalue weighted by Gasteiger charge is -2.27.